The molecule has 114 valence electrons. The van der Waals surface area contributed by atoms with Crippen LogP contribution in [0.15, 0.2) is 68.4 Å². The van der Waals surface area contributed by atoms with Gasteiger partial charge in [-0.1, -0.05) is 40.2 Å². The third kappa shape index (κ3) is 3.09. The molecule has 0 aliphatic carbocycles. The Labute approximate surface area is 137 Å². The highest BCUT2D eigenvalue weighted by atomic mass is 79.9. The fourth-order valence-electron chi connectivity index (χ4n) is 2.21. The lowest BCUT2D eigenvalue weighted by atomic mass is 10.2. The third-order valence-electron chi connectivity index (χ3n) is 3.31. The van der Waals surface area contributed by atoms with Gasteiger partial charge in [0.1, 0.15) is 11.3 Å². The number of fused-ring (bicyclic) bond motifs is 1. The van der Waals surface area contributed by atoms with E-state index in [-0.39, 0.29) is 4.90 Å². The highest BCUT2D eigenvalue weighted by molar-refractivity contribution is 9.10. The van der Waals surface area contributed by atoms with Gasteiger partial charge in [0.2, 0.25) is 10.0 Å². The number of halogens is 1. The van der Waals surface area contributed by atoms with Gasteiger partial charge >= 0.3 is 0 Å². The first-order chi connectivity index (χ1) is 10.5. The van der Waals surface area contributed by atoms with Crippen molar-refractivity contribution >= 4 is 36.9 Å². The van der Waals surface area contributed by atoms with Gasteiger partial charge in [-0.25, -0.2) is 13.1 Å². The molecule has 1 heterocycles. The lowest BCUT2D eigenvalue weighted by molar-refractivity contribution is 0.484. The lowest BCUT2D eigenvalue weighted by Crippen LogP contribution is -2.26. The Kier molecular flexibility index (Phi) is 4.08. The molecule has 0 bridgehead atoms. The minimum Gasteiger partial charge on any atom is -0.459 e. The van der Waals surface area contributed by atoms with Crippen molar-refractivity contribution in [3.8, 4) is 0 Å². The van der Waals surface area contributed by atoms with Gasteiger partial charge in [0.25, 0.3) is 0 Å². The monoisotopic (exact) mass is 379 g/mol. The van der Waals surface area contributed by atoms with E-state index in [9.17, 15) is 8.42 Å². The smallest absolute Gasteiger partial charge is 0.241 e. The number of rotatable bonds is 4. The molecule has 0 fully saturated rings. The van der Waals surface area contributed by atoms with Crippen molar-refractivity contribution in [2.45, 2.75) is 17.9 Å². The molecular formula is C16H14BrNO3S. The summed E-state index contributed by atoms with van der Waals surface area (Å²) in [6.45, 7) is 1.76. The first-order valence-corrected chi connectivity index (χ1v) is 9.00. The Hall–Kier alpha value is -1.63. The van der Waals surface area contributed by atoms with Crippen molar-refractivity contribution in [1.82, 2.24) is 4.72 Å². The maximum atomic E-state index is 12.4. The van der Waals surface area contributed by atoms with Crippen molar-refractivity contribution in [2.24, 2.45) is 0 Å². The SMILES string of the molecule is C[C@H](NS(=O)(=O)c1cccc(Br)c1)c1cc2ccccc2o1. The van der Waals surface area contributed by atoms with Crippen LogP contribution in [0.5, 0.6) is 0 Å². The van der Waals surface area contributed by atoms with Gasteiger partial charge < -0.3 is 4.42 Å². The number of hydrogen-bond acceptors (Lipinski definition) is 3. The van der Waals surface area contributed by atoms with Crippen LogP contribution in [0.2, 0.25) is 0 Å². The van der Waals surface area contributed by atoms with Crippen molar-refractivity contribution in [3.63, 3.8) is 0 Å². The Morgan fingerprint density at radius 1 is 1.09 bits per heavy atom. The Bertz CT molecular complexity index is 885. The van der Waals surface area contributed by atoms with Crippen molar-refractivity contribution in [3.05, 3.63) is 64.8 Å². The topological polar surface area (TPSA) is 59.3 Å². The molecule has 1 atom stereocenters. The molecule has 0 aliphatic rings. The van der Waals surface area contributed by atoms with Crippen LogP contribution in [-0.2, 0) is 10.0 Å². The van der Waals surface area contributed by atoms with Gasteiger partial charge in [0.05, 0.1) is 10.9 Å². The van der Waals surface area contributed by atoms with Crippen LogP contribution in [0.3, 0.4) is 0 Å². The standard InChI is InChI=1S/C16H14BrNO3S/c1-11(16-9-12-5-2-3-8-15(12)21-16)18-22(19,20)14-7-4-6-13(17)10-14/h2-11,18H,1H3/t11-/m0/s1. The van der Waals surface area contributed by atoms with Gasteiger partial charge in [-0.2, -0.15) is 0 Å². The number of hydrogen-bond donors (Lipinski definition) is 1. The van der Waals surface area contributed by atoms with Crippen molar-refractivity contribution < 1.29 is 12.8 Å². The fraction of sp³-hybridized carbons (Fsp3) is 0.125. The van der Waals surface area contributed by atoms with Crippen LogP contribution in [0.4, 0.5) is 0 Å². The van der Waals surface area contributed by atoms with Crippen LogP contribution < -0.4 is 4.72 Å². The van der Waals surface area contributed by atoms with E-state index in [0.29, 0.717) is 10.2 Å². The summed E-state index contributed by atoms with van der Waals surface area (Å²) >= 11 is 3.28. The molecule has 22 heavy (non-hydrogen) atoms. The van der Waals surface area contributed by atoms with Crippen LogP contribution in [0, 0.1) is 0 Å². The average molecular weight is 380 g/mol. The molecule has 0 unspecified atom stereocenters. The first-order valence-electron chi connectivity index (χ1n) is 6.72. The summed E-state index contributed by atoms with van der Waals surface area (Å²) in [6.07, 6.45) is 0. The normalized spacial score (nSPS) is 13.4. The average Bonchev–Trinajstić information content (AvgIpc) is 2.91. The fourth-order valence-corrected chi connectivity index (χ4v) is 4.02. The largest absolute Gasteiger partial charge is 0.459 e. The van der Waals surface area contributed by atoms with Crippen LogP contribution in [0.25, 0.3) is 11.0 Å². The molecule has 0 saturated heterocycles. The molecule has 1 aromatic heterocycles. The molecule has 0 aliphatic heterocycles. The van der Waals surface area contributed by atoms with Crippen molar-refractivity contribution in [2.75, 3.05) is 0 Å². The highest BCUT2D eigenvalue weighted by Gasteiger charge is 2.20. The minimum absolute atomic E-state index is 0.213. The van der Waals surface area contributed by atoms with E-state index in [0.717, 1.165) is 11.0 Å². The molecule has 0 spiro atoms. The van der Waals surface area contributed by atoms with E-state index in [4.69, 9.17) is 4.42 Å². The number of nitrogens with one attached hydrogen (secondary N) is 1. The zero-order valence-electron chi connectivity index (χ0n) is 11.8. The maximum absolute atomic E-state index is 12.4. The molecular weight excluding hydrogens is 366 g/mol. The molecule has 0 amide bonds. The molecule has 1 N–H and O–H groups in total. The van der Waals surface area contributed by atoms with Crippen LogP contribution in [0.1, 0.15) is 18.7 Å². The first kappa shape index (κ1) is 15.3. The third-order valence-corrected chi connectivity index (χ3v) is 5.34. The summed E-state index contributed by atoms with van der Waals surface area (Å²) in [6, 6.07) is 15.6. The Morgan fingerprint density at radius 2 is 1.86 bits per heavy atom. The number of sulfonamides is 1. The minimum atomic E-state index is -3.61. The molecule has 0 saturated carbocycles. The predicted octanol–water partition coefficient (Wildman–Crippen LogP) is 4.23. The molecule has 6 heteroatoms. The molecule has 4 nitrogen and oxygen atoms in total. The molecule has 3 aromatic rings. The second-order valence-electron chi connectivity index (χ2n) is 4.99. The van der Waals surface area contributed by atoms with Gasteiger partial charge in [-0.3, -0.25) is 0 Å². The number of furan rings is 1. The Balaban J connectivity index is 1.88. The van der Waals surface area contributed by atoms with E-state index in [2.05, 4.69) is 20.7 Å². The zero-order chi connectivity index (χ0) is 15.7. The highest BCUT2D eigenvalue weighted by Crippen LogP contribution is 2.25. The number of para-hydroxylation sites is 1. The van der Waals surface area contributed by atoms with E-state index < -0.39 is 16.1 Å². The van der Waals surface area contributed by atoms with E-state index in [1.807, 2.05) is 30.3 Å². The second-order valence-corrected chi connectivity index (χ2v) is 7.62. The maximum Gasteiger partial charge on any atom is 0.241 e. The van der Waals surface area contributed by atoms with E-state index in [1.54, 1.807) is 31.2 Å². The van der Waals surface area contributed by atoms with Gasteiger partial charge in [0, 0.05) is 9.86 Å². The number of benzene rings is 2. The summed E-state index contributed by atoms with van der Waals surface area (Å²) in [7, 11) is -3.61. The van der Waals surface area contributed by atoms with E-state index in [1.165, 1.54) is 0 Å². The van der Waals surface area contributed by atoms with Crippen LogP contribution in [-0.4, -0.2) is 8.42 Å². The zero-order valence-corrected chi connectivity index (χ0v) is 14.2. The molecule has 0 radical (unpaired) electrons. The predicted molar refractivity (Wildman–Crippen MR) is 89.1 cm³/mol. The summed E-state index contributed by atoms with van der Waals surface area (Å²) < 4.78 is 33.9. The van der Waals surface area contributed by atoms with Crippen molar-refractivity contribution in [1.29, 1.82) is 0 Å². The summed E-state index contributed by atoms with van der Waals surface area (Å²) in [5.74, 6) is 0.583. The summed E-state index contributed by atoms with van der Waals surface area (Å²) in [5.41, 5.74) is 0.742. The Morgan fingerprint density at radius 3 is 2.59 bits per heavy atom. The quantitative estimate of drug-likeness (QED) is 0.737. The lowest BCUT2D eigenvalue weighted by Gasteiger charge is -2.12. The molecule has 3 rings (SSSR count). The second kappa shape index (κ2) is 5.87. The van der Waals surface area contributed by atoms with Crippen LogP contribution >= 0.6 is 15.9 Å². The van der Waals surface area contributed by atoms with Gasteiger partial charge in [0.15, 0.2) is 0 Å². The van der Waals surface area contributed by atoms with E-state index >= 15 is 0 Å². The van der Waals surface area contributed by atoms with Gasteiger partial charge in [-0.15, -0.1) is 0 Å². The summed E-state index contributed by atoms with van der Waals surface area (Å²) in [5, 5.41) is 0.950. The van der Waals surface area contributed by atoms with Gasteiger partial charge in [-0.05, 0) is 37.3 Å². The molecule has 2 aromatic carbocycles. The summed E-state index contributed by atoms with van der Waals surface area (Å²) in [4.78, 5) is 0.213.